The fourth-order valence-electron chi connectivity index (χ4n) is 3.04. The molecule has 2 aromatic carbocycles. The predicted molar refractivity (Wildman–Crippen MR) is 118 cm³/mol. The molecule has 140 valence electrons. The van der Waals surface area contributed by atoms with Crippen molar-refractivity contribution in [2.24, 2.45) is 0 Å². The lowest BCUT2D eigenvalue weighted by Gasteiger charge is -2.18. The Hall–Kier alpha value is -2.57. The molecule has 4 aromatic rings. The maximum atomic E-state index is 12.3. The first-order valence-electron chi connectivity index (χ1n) is 8.87. The molecule has 0 saturated heterocycles. The van der Waals surface area contributed by atoms with Crippen molar-refractivity contribution in [1.82, 2.24) is 9.97 Å². The molecule has 0 aliphatic rings. The standard InChI is InChI=1S/C22H18BrN3OS/c1-14-7-9-19(10-8-14)26(15(2)27)22-25-20(21(23)28-22)12-18-11-16-5-3-4-6-17(16)13-24-18/h3-11,13H,12H2,1-2H3. The fourth-order valence-corrected chi connectivity index (χ4v) is 4.58. The number of thiazole rings is 1. The summed E-state index contributed by atoms with van der Waals surface area (Å²) in [6, 6.07) is 18.1. The van der Waals surface area contributed by atoms with E-state index in [-0.39, 0.29) is 5.91 Å². The Morgan fingerprint density at radius 2 is 1.82 bits per heavy atom. The number of hydrogen-bond donors (Lipinski definition) is 0. The lowest BCUT2D eigenvalue weighted by Crippen LogP contribution is -2.22. The van der Waals surface area contributed by atoms with E-state index in [9.17, 15) is 4.79 Å². The molecule has 2 aromatic heterocycles. The lowest BCUT2D eigenvalue weighted by molar-refractivity contribution is -0.115. The highest BCUT2D eigenvalue weighted by Gasteiger charge is 2.20. The molecule has 0 unspecified atom stereocenters. The molecule has 0 saturated carbocycles. The van der Waals surface area contributed by atoms with E-state index < -0.39 is 0 Å². The van der Waals surface area contributed by atoms with Crippen LogP contribution in [0, 0.1) is 6.92 Å². The molecule has 4 nitrogen and oxygen atoms in total. The van der Waals surface area contributed by atoms with Crippen molar-refractivity contribution >= 4 is 54.8 Å². The number of carbonyl (C=O) groups is 1. The van der Waals surface area contributed by atoms with Crippen molar-refractivity contribution in [2.45, 2.75) is 20.3 Å². The van der Waals surface area contributed by atoms with E-state index in [0.29, 0.717) is 11.6 Å². The first kappa shape index (κ1) is 18.8. The summed E-state index contributed by atoms with van der Waals surface area (Å²) in [4.78, 5) is 23.3. The number of carbonyl (C=O) groups excluding carboxylic acids is 1. The number of pyridine rings is 1. The number of rotatable bonds is 4. The Morgan fingerprint density at radius 3 is 2.54 bits per heavy atom. The molecule has 0 N–H and O–H groups in total. The quantitative estimate of drug-likeness (QED) is 0.379. The van der Waals surface area contributed by atoms with Gasteiger partial charge in [0.05, 0.1) is 15.2 Å². The second-order valence-electron chi connectivity index (χ2n) is 6.61. The van der Waals surface area contributed by atoms with Crippen molar-refractivity contribution in [3.05, 3.63) is 81.5 Å². The molecular weight excluding hydrogens is 434 g/mol. The van der Waals surface area contributed by atoms with Gasteiger partial charge in [-0.2, -0.15) is 0 Å². The molecule has 0 aliphatic carbocycles. The zero-order valence-electron chi connectivity index (χ0n) is 15.5. The lowest BCUT2D eigenvalue weighted by atomic mass is 10.1. The average molecular weight is 452 g/mol. The summed E-state index contributed by atoms with van der Waals surface area (Å²) in [5, 5.41) is 2.93. The minimum Gasteiger partial charge on any atom is -0.274 e. The number of aryl methyl sites for hydroxylation is 1. The summed E-state index contributed by atoms with van der Waals surface area (Å²) < 4.78 is 0.913. The van der Waals surface area contributed by atoms with E-state index in [0.717, 1.165) is 37.2 Å². The Morgan fingerprint density at radius 1 is 1.11 bits per heavy atom. The molecule has 0 spiro atoms. The fraction of sp³-hybridized carbons (Fsp3) is 0.136. The third kappa shape index (κ3) is 3.84. The SMILES string of the molecule is CC(=O)N(c1ccc(C)cc1)c1nc(Cc2cc3ccccc3cn2)c(Br)s1. The van der Waals surface area contributed by atoms with E-state index in [2.05, 4.69) is 39.1 Å². The highest BCUT2D eigenvalue weighted by molar-refractivity contribution is 9.11. The Kier molecular flexibility index (Phi) is 5.24. The zero-order chi connectivity index (χ0) is 19.7. The van der Waals surface area contributed by atoms with Crippen LogP contribution in [0.15, 0.2) is 64.6 Å². The van der Waals surface area contributed by atoms with Crippen molar-refractivity contribution in [3.8, 4) is 0 Å². The van der Waals surface area contributed by atoms with Gasteiger partial charge in [0.2, 0.25) is 5.91 Å². The van der Waals surface area contributed by atoms with Gasteiger partial charge in [0.25, 0.3) is 0 Å². The summed E-state index contributed by atoms with van der Waals surface area (Å²) in [5.41, 5.74) is 3.78. The zero-order valence-corrected chi connectivity index (χ0v) is 17.9. The normalized spacial score (nSPS) is 11.0. The molecule has 6 heteroatoms. The van der Waals surface area contributed by atoms with Crippen LogP contribution < -0.4 is 4.90 Å². The van der Waals surface area contributed by atoms with Crippen LogP contribution >= 0.6 is 27.3 Å². The van der Waals surface area contributed by atoms with Crippen molar-refractivity contribution in [3.63, 3.8) is 0 Å². The van der Waals surface area contributed by atoms with E-state index in [1.54, 1.807) is 11.8 Å². The highest BCUT2D eigenvalue weighted by Crippen LogP contribution is 2.36. The van der Waals surface area contributed by atoms with E-state index in [1.165, 1.54) is 11.3 Å². The summed E-state index contributed by atoms with van der Waals surface area (Å²) in [5.74, 6) is -0.0690. The first-order valence-corrected chi connectivity index (χ1v) is 10.5. The minimum absolute atomic E-state index is 0.0690. The number of anilines is 2. The van der Waals surface area contributed by atoms with E-state index >= 15 is 0 Å². The molecule has 0 fully saturated rings. The second kappa shape index (κ2) is 7.81. The third-order valence-corrected chi connectivity index (χ3v) is 6.29. The van der Waals surface area contributed by atoms with Crippen molar-refractivity contribution < 1.29 is 4.79 Å². The monoisotopic (exact) mass is 451 g/mol. The van der Waals surface area contributed by atoms with Crippen LogP contribution in [-0.4, -0.2) is 15.9 Å². The van der Waals surface area contributed by atoms with Crippen molar-refractivity contribution in [2.75, 3.05) is 4.90 Å². The summed E-state index contributed by atoms with van der Waals surface area (Å²) >= 11 is 5.07. The van der Waals surface area contributed by atoms with Gasteiger partial charge in [-0.1, -0.05) is 53.3 Å². The van der Waals surface area contributed by atoms with Crippen molar-refractivity contribution in [1.29, 1.82) is 0 Å². The summed E-state index contributed by atoms with van der Waals surface area (Å²) in [6.07, 6.45) is 2.49. The van der Waals surface area contributed by atoms with Gasteiger partial charge in [-0.15, -0.1) is 0 Å². The molecule has 4 rings (SSSR count). The molecular formula is C22H18BrN3OS. The Bertz CT molecular complexity index is 1150. The molecule has 1 amide bonds. The number of nitrogens with zero attached hydrogens (tertiary/aromatic N) is 3. The maximum absolute atomic E-state index is 12.3. The summed E-state index contributed by atoms with van der Waals surface area (Å²) in [6.45, 7) is 3.58. The summed E-state index contributed by atoms with van der Waals surface area (Å²) in [7, 11) is 0. The van der Waals surface area contributed by atoms with Crippen LogP contribution in [0.1, 0.15) is 23.9 Å². The highest BCUT2D eigenvalue weighted by atomic mass is 79.9. The van der Waals surface area contributed by atoms with Crippen LogP contribution in [0.25, 0.3) is 10.8 Å². The number of fused-ring (bicyclic) bond motifs is 1. The first-order chi connectivity index (χ1) is 13.5. The van der Waals surface area contributed by atoms with Crippen LogP contribution in [-0.2, 0) is 11.2 Å². The number of benzene rings is 2. The van der Waals surface area contributed by atoms with Gasteiger partial charge in [-0.25, -0.2) is 4.98 Å². The van der Waals surface area contributed by atoms with E-state index in [4.69, 9.17) is 4.98 Å². The largest absolute Gasteiger partial charge is 0.274 e. The number of hydrogen-bond acceptors (Lipinski definition) is 4. The van der Waals surface area contributed by atoms with Gasteiger partial charge < -0.3 is 0 Å². The molecule has 0 aliphatic heterocycles. The number of halogens is 1. The minimum atomic E-state index is -0.0690. The number of aromatic nitrogens is 2. The molecule has 0 bridgehead atoms. The smallest absolute Gasteiger partial charge is 0.230 e. The van der Waals surface area contributed by atoms with Gasteiger partial charge in [0, 0.05) is 30.6 Å². The van der Waals surface area contributed by atoms with Gasteiger partial charge in [-0.05, 0) is 46.4 Å². The predicted octanol–water partition coefficient (Wildman–Crippen LogP) is 6.04. The van der Waals surface area contributed by atoms with Gasteiger partial charge in [0.15, 0.2) is 5.13 Å². The molecule has 28 heavy (non-hydrogen) atoms. The second-order valence-corrected chi connectivity index (χ2v) is 8.90. The Balaban J connectivity index is 1.66. The van der Waals surface area contributed by atoms with Crippen LogP contribution in [0.5, 0.6) is 0 Å². The molecule has 0 atom stereocenters. The third-order valence-electron chi connectivity index (χ3n) is 4.47. The van der Waals surface area contributed by atoms with Gasteiger partial charge in [-0.3, -0.25) is 14.7 Å². The maximum Gasteiger partial charge on any atom is 0.230 e. The van der Waals surface area contributed by atoms with Gasteiger partial charge in [0.1, 0.15) is 0 Å². The van der Waals surface area contributed by atoms with E-state index in [1.807, 2.05) is 49.5 Å². The topological polar surface area (TPSA) is 46.1 Å². The Labute approximate surface area is 176 Å². The number of amides is 1. The van der Waals surface area contributed by atoms with Crippen LogP contribution in [0.4, 0.5) is 10.8 Å². The molecule has 0 radical (unpaired) electrons. The van der Waals surface area contributed by atoms with Crippen LogP contribution in [0.3, 0.4) is 0 Å². The van der Waals surface area contributed by atoms with Gasteiger partial charge >= 0.3 is 0 Å². The average Bonchev–Trinajstić information content (AvgIpc) is 3.03. The molecule has 2 heterocycles. The van der Waals surface area contributed by atoms with Crippen LogP contribution in [0.2, 0.25) is 0 Å².